The van der Waals surface area contributed by atoms with E-state index < -0.39 is 10.0 Å². The summed E-state index contributed by atoms with van der Waals surface area (Å²) in [6.07, 6.45) is 1.11. The van der Waals surface area contributed by atoms with Crippen LogP contribution >= 0.6 is 0 Å². The van der Waals surface area contributed by atoms with E-state index in [2.05, 4.69) is 30.3 Å². The van der Waals surface area contributed by atoms with Crippen molar-refractivity contribution in [2.75, 3.05) is 55.5 Å². The second-order valence-electron chi connectivity index (χ2n) is 4.30. The van der Waals surface area contributed by atoms with Gasteiger partial charge in [-0.05, 0) is 6.92 Å². The Morgan fingerprint density at radius 1 is 1.05 bits per heavy atom. The normalized spacial score (nSPS) is 11.2. The van der Waals surface area contributed by atoms with Gasteiger partial charge in [-0.2, -0.15) is 15.0 Å². The number of aromatic nitrogens is 3. The van der Waals surface area contributed by atoms with Gasteiger partial charge in [-0.25, -0.2) is 13.1 Å². The highest BCUT2D eigenvalue weighted by Crippen LogP contribution is 2.10. The zero-order valence-electron chi connectivity index (χ0n) is 12.1. The van der Waals surface area contributed by atoms with Crippen LogP contribution in [0, 0.1) is 0 Å². The van der Waals surface area contributed by atoms with Crippen molar-refractivity contribution in [3.8, 4) is 0 Å². The van der Waals surface area contributed by atoms with E-state index in [1.807, 2.05) is 21.0 Å². The SMILES string of the molecule is CCNc1nc(NCCNS(C)(=O)=O)nc(N(C)C)n1. The zero-order chi connectivity index (χ0) is 15.2. The van der Waals surface area contributed by atoms with Crippen molar-refractivity contribution in [2.24, 2.45) is 0 Å². The monoisotopic (exact) mass is 303 g/mol. The minimum Gasteiger partial charge on any atom is -0.354 e. The predicted octanol–water partition coefficient (Wildman–Crippen LogP) is -0.669. The average molecular weight is 303 g/mol. The third-order valence-corrected chi connectivity index (χ3v) is 2.86. The fourth-order valence-corrected chi connectivity index (χ4v) is 1.76. The molecule has 0 aromatic carbocycles. The van der Waals surface area contributed by atoms with E-state index in [1.165, 1.54) is 0 Å². The molecule has 0 aliphatic rings. The smallest absolute Gasteiger partial charge is 0.231 e. The van der Waals surface area contributed by atoms with E-state index in [4.69, 9.17) is 0 Å². The molecular weight excluding hydrogens is 282 g/mol. The molecule has 10 heteroatoms. The van der Waals surface area contributed by atoms with Gasteiger partial charge >= 0.3 is 0 Å². The first-order chi connectivity index (χ1) is 9.31. The van der Waals surface area contributed by atoms with Crippen molar-refractivity contribution in [2.45, 2.75) is 6.92 Å². The highest BCUT2D eigenvalue weighted by atomic mass is 32.2. The Morgan fingerprint density at radius 2 is 1.65 bits per heavy atom. The minimum absolute atomic E-state index is 0.262. The molecule has 0 bridgehead atoms. The van der Waals surface area contributed by atoms with Crippen LogP contribution in [0.4, 0.5) is 17.8 Å². The van der Waals surface area contributed by atoms with Gasteiger partial charge in [0.1, 0.15) is 0 Å². The second-order valence-corrected chi connectivity index (χ2v) is 6.13. The van der Waals surface area contributed by atoms with Crippen LogP contribution in [-0.2, 0) is 10.0 Å². The molecule has 3 N–H and O–H groups in total. The predicted molar refractivity (Wildman–Crippen MR) is 79.7 cm³/mol. The van der Waals surface area contributed by atoms with Crippen LogP contribution in [0.1, 0.15) is 6.92 Å². The largest absolute Gasteiger partial charge is 0.354 e. The Bertz CT molecular complexity index is 532. The molecule has 0 amide bonds. The van der Waals surface area contributed by atoms with Crippen molar-refractivity contribution < 1.29 is 8.42 Å². The average Bonchev–Trinajstić information content (AvgIpc) is 2.33. The third kappa shape index (κ3) is 5.97. The van der Waals surface area contributed by atoms with Crippen LogP contribution in [0.15, 0.2) is 0 Å². The second kappa shape index (κ2) is 7.20. The number of sulfonamides is 1. The molecule has 0 fully saturated rings. The van der Waals surface area contributed by atoms with Crippen molar-refractivity contribution in [3.05, 3.63) is 0 Å². The maximum Gasteiger partial charge on any atom is 0.231 e. The van der Waals surface area contributed by atoms with Gasteiger partial charge in [0.2, 0.25) is 27.9 Å². The molecular formula is C10H21N7O2S. The summed E-state index contributed by atoms with van der Waals surface area (Å²) < 4.78 is 24.2. The van der Waals surface area contributed by atoms with Gasteiger partial charge in [-0.3, -0.25) is 0 Å². The molecule has 0 atom stereocenters. The van der Waals surface area contributed by atoms with E-state index in [-0.39, 0.29) is 6.54 Å². The highest BCUT2D eigenvalue weighted by molar-refractivity contribution is 7.88. The number of anilines is 3. The van der Waals surface area contributed by atoms with Crippen molar-refractivity contribution in [3.63, 3.8) is 0 Å². The molecule has 0 aliphatic heterocycles. The number of hydrogen-bond acceptors (Lipinski definition) is 8. The molecule has 0 unspecified atom stereocenters. The molecule has 1 aromatic heterocycles. The zero-order valence-corrected chi connectivity index (χ0v) is 13.0. The topological polar surface area (TPSA) is 112 Å². The molecule has 20 heavy (non-hydrogen) atoms. The fourth-order valence-electron chi connectivity index (χ4n) is 1.29. The van der Waals surface area contributed by atoms with E-state index in [9.17, 15) is 8.42 Å². The summed E-state index contributed by atoms with van der Waals surface area (Å²) in [4.78, 5) is 14.4. The van der Waals surface area contributed by atoms with Crippen molar-refractivity contribution >= 4 is 27.9 Å². The van der Waals surface area contributed by atoms with Crippen LogP contribution in [0.3, 0.4) is 0 Å². The lowest BCUT2D eigenvalue weighted by molar-refractivity contribution is 0.589. The molecule has 0 saturated heterocycles. The highest BCUT2D eigenvalue weighted by Gasteiger charge is 2.07. The summed E-state index contributed by atoms with van der Waals surface area (Å²) in [6.45, 7) is 3.29. The molecule has 1 aromatic rings. The van der Waals surface area contributed by atoms with E-state index in [0.29, 0.717) is 30.9 Å². The Balaban J connectivity index is 2.68. The van der Waals surface area contributed by atoms with Gasteiger partial charge in [-0.1, -0.05) is 0 Å². The summed E-state index contributed by atoms with van der Waals surface area (Å²) in [5.41, 5.74) is 0. The first kappa shape index (κ1) is 16.4. The van der Waals surface area contributed by atoms with Gasteiger partial charge < -0.3 is 15.5 Å². The summed E-state index contributed by atoms with van der Waals surface area (Å²) in [6, 6.07) is 0. The van der Waals surface area contributed by atoms with Crippen molar-refractivity contribution in [1.29, 1.82) is 0 Å². The van der Waals surface area contributed by atoms with Gasteiger partial charge in [0, 0.05) is 33.7 Å². The first-order valence-electron chi connectivity index (χ1n) is 6.17. The number of nitrogens with zero attached hydrogens (tertiary/aromatic N) is 4. The molecule has 114 valence electrons. The van der Waals surface area contributed by atoms with Gasteiger partial charge in [0.25, 0.3) is 0 Å². The van der Waals surface area contributed by atoms with Crippen LogP contribution in [0.5, 0.6) is 0 Å². The maximum absolute atomic E-state index is 10.9. The van der Waals surface area contributed by atoms with Crippen LogP contribution < -0.4 is 20.3 Å². The Labute approximate surface area is 119 Å². The van der Waals surface area contributed by atoms with Crippen LogP contribution in [-0.4, -0.2) is 63.4 Å². The quantitative estimate of drug-likeness (QED) is 0.542. The van der Waals surface area contributed by atoms with Crippen LogP contribution in [0.2, 0.25) is 0 Å². The summed E-state index contributed by atoms with van der Waals surface area (Å²) >= 11 is 0. The van der Waals surface area contributed by atoms with Gasteiger partial charge in [0.05, 0.1) is 6.26 Å². The van der Waals surface area contributed by atoms with E-state index in [1.54, 1.807) is 4.90 Å². The van der Waals surface area contributed by atoms with Crippen LogP contribution in [0.25, 0.3) is 0 Å². The van der Waals surface area contributed by atoms with Gasteiger partial charge in [-0.15, -0.1) is 0 Å². The number of rotatable bonds is 8. The lowest BCUT2D eigenvalue weighted by atomic mass is 10.6. The molecule has 9 nitrogen and oxygen atoms in total. The third-order valence-electron chi connectivity index (χ3n) is 2.13. The molecule has 0 saturated carbocycles. The molecule has 1 rings (SSSR count). The van der Waals surface area contributed by atoms with E-state index in [0.717, 1.165) is 6.26 Å². The minimum atomic E-state index is -3.18. The lowest BCUT2D eigenvalue weighted by Crippen LogP contribution is -2.28. The standard InChI is InChI=1S/C10H21N7O2S/c1-5-11-8-14-9(16-10(15-8)17(2)3)12-6-7-13-20(4,18)19/h13H,5-7H2,1-4H3,(H2,11,12,14,15,16). The summed E-state index contributed by atoms with van der Waals surface area (Å²) in [7, 11) is 0.486. The Hall–Kier alpha value is -1.68. The lowest BCUT2D eigenvalue weighted by Gasteiger charge is -2.13. The molecule has 0 spiro atoms. The summed E-state index contributed by atoms with van der Waals surface area (Å²) in [5.74, 6) is 1.40. The molecule has 0 aliphatic carbocycles. The van der Waals surface area contributed by atoms with Gasteiger partial charge in [0.15, 0.2) is 0 Å². The molecule has 1 heterocycles. The van der Waals surface area contributed by atoms with Crippen molar-refractivity contribution in [1.82, 2.24) is 19.7 Å². The summed E-state index contributed by atoms with van der Waals surface area (Å²) in [5, 5.41) is 5.97. The van der Waals surface area contributed by atoms with E-state index >= 15 is 0 Å². The Morgan fingerprint density at radius 3 is 2.15 bits per heavy atom. The number of nitrogens with one attached hydrogen (secondary N) is 3. The maximum atomic E-state index is 10.9. The first-order valence-corrected chi connectivity index (χ1v) is 8.06. The fraction of sp³-hybridized carbons (Fsp3) is 0.700. The Kier molecular flexibility index (Phi) is 5.89. The molecule has 0 radical (unpaired) electrons. The number of hydrogen-bond donors (Lipinski definition) is 3.